The summed E-state index contributed by atoms with van der Waals surface area (Å²) in [4.78, 5) is 37.4. The van der Waals surface area contributed by atoms with Crippen molar-refractivity contribution in [1.82, 2.24) is 10.2 Å². The van der Waals surface area contributed by atoms with Crippen LogP contribution >= 0.6 is 11.8 Å². The number of likely N-dealkylation sites (tertiary alicyclic amines) is 1. The van der Waals surface area contributed by atoms with Crippen LogP contribution in [0.25, 0.3) is 0 Å². The van der Waals surface area contributed by atoms with Crippen LogP contribution in [0.5, 0.6) is 0 Å². The molecule has 1 unspecified atom stereocenters. The van der Waals surface area contributed by atoms with Crippen LogP contribution < -0.4 is 5.32 Å². The van der Waals surface area contributed by atoms with Gasteiger partial charge in [0.15, 0.2) is 0 Å². The van der Waals surface area contributed by atoms with E-state index in [1.165, 1.54) is 11.8 Å². The number of piperidine rings is 1. The van der Waals surface area contributed by atoms with Crippen LogP contribution in [0.1, 0.15) is 37.0 Å². The van der Waals surface area contributed by atoms with Crippen LogP contribution in [-0.2, 0) is 9.59 Å². The van der Waals surface area contributed by atoms with Gasteiger partial charge in [-0.1, -0.05) is 12.1 Å². The van der Waals surface area contributed by atoms with E-state index in [1.54, 1.807) is 38.1 Å². The summed E-state index contributed by atoms with van der Waals surface area (Å²) in [5.74, 6) is -0.634. The first-order valence-electron chi connectivity index (χ1n) is 8.40. The number of carboxylic acid groups (broad SMARTS) is 1. The Bertz CT molecular complexity index is 642. The minimum absolute atomic E-state index is 0.0981. The molecule has 0 saturated carbocycles. The number of carbonyl (C=O) groups excluding carboxylic acids is 2. The van der Waals surface area contributed by atoms with Gasteiger partial charge in [0.2, 0.25) is 5.91 Å². The topological polar surface area (TPSA) is 86.7 Å². The summed E-state index contributed by atoms with van der Waals surface area (Å²) >= 11 is 1.17. The fourth-order valence-electron chi connectivity index (χ4n) is 2.78. The molecule has 1 aliphatic heterocycles. The minimum Gasteiger partial charge on any atom is -0.480 e. The zero-order valence-corrected chi connectivity index (χ0v) is 15.3. The maximum atomic E-state index is 12.5. The second kappa shape index (κ2) is 8.89. The summed E-state index contributed by atoms with van der Waals surface area (Å²) in [7, 11) is 0. The SMILES string of the molecule is CC(=O)N1CCC(CNC(=O)c2ccccc2SC(C)C(=O)O)CC1. The molecular formula is C18H24N2O4S. The molecule has 1 fully saturated rings. The lowest BCUT2D eigenvalue weighted by Gasteiger charge is -2.31. The number of hydrogen-bond acceptors (Lipinski definition) is 4. The predicted octanol–water partition coefficient (Wildman–Crippen LogP) is 2.24. The number of carboxylic acids is 1. The molecule has 2 N–H and O–H groups in total. The number of hydrogen-bond donors (Lipinski definition) is 2. The fraction of sp³-hybridized carbons (Fsp3) is 0.500. The smallest absolute Gasteiger partial charge is 0.316 e. The van der Waals surface area contributed by atoms with Gasteiger partial charge in [0.05, 0.1) is 5.56 Å². The largest absolute Gasteiger partial charge is 0.480 e. The van der Waals surface area contributed by atoms with Crippen molar-refractivity contribution in [3.63, 3.8) is 0 Å². The van der Waals surface area contributed by atoms with E-state index < -0.39 is 11.2 Å². The standard InChI is InChI=1S/C18H24N2O4S/c1-12(18(23)24)25-16-6-4-3-5-15(16)17(22)19-11-14-7-9-20(10-8-14)13(2)21/h3-6,12,14H,7-11H2,1-2H3,(H,19,22)(H,23,24). The molecule has 1 aliphatic rings. The quantitative estimate of drug-likeness (QED) is 0.756. The Balaban J connectivity index is 1.91. The van der Waals surface area contributed by atoms with Crippen molar-refractivity contribution in [2.45, 2.75) is 36.8 Å². The summed E-state index contributed by atoms with van der Waals surface area (Å²) in [6.07, 6.45) is 1.76. The van der Waals surface area contributed by atoms with E-state index in [0.29, 0.717) is 22.9 Å². The average Bonchev–Trinajstić information content (AvgIpc) is 2.60. The summed E-state index contributed by atoms with van der Waals surface area (Å²) in [6.45, 7) is 5.22. The Morgan fingerprint density at radius 1 is 1.28 bits per heavy atom. The highest BCUT2D eigenvalue weighted by Gasteiger charge is 2.22. The van der Waals surface area contributed by atoms with E-state index in [0.717, 1.165) is 25.9 Å². The lowest BCUT2D eigenvalue weighted by molar-refractivity contribution is -0.136. The molecule has 1 atom stereocenters. The van der Waals surface area contributed by atoms with Crippen molar-refractivity contribution >= 4 is 29.5 Å². The molecule has 2 rings (SSSR count). The van der Waals surface area contributed by atoms with Crippen LogP contribution in [0.2, 0.25) is 0 Å². The number of thioether (sulfide) groups is 1. The third kappa shape index (κ3) is 5.49. The van der Waals surface area contributed by atoms with Crippen LogP contribution in [0.4, 0.5) is 0 Å². The van der Waals surface area contributed by atoms with Gasteiger partial charge in [0.1, 0.15) is 5.25 Å². The van der Waals surface area contributed by atoms with E-state index in [9.17, 15) is 14.4 Å². The highest BCUT2D eigenvalue weighted by Crippen LogP contribution is 2.27. The zero-order valence-electron chi connectivity index (χ0n) is 14.5. The first-order chi connectivity index (χ1) is 11.9. The number of benzene rings is 1. The van der Waals surface area contributed by atoms with Crippen LogP contribution in [0.3, 0.4) is 0 Å². The Labute approximate surface area is 152 Å². The lowest BCUT2D eigenvalue weighted by Crippen LogP contribution is -2.40. The van der Waals surface area contributed by atoms with Crippen molar-refractivity contribution in [2.75, 3.05) is 19.6 Å². The second-order valence-corrected chi connectivity index (χ2v) is 7.64. The molecule has 0 aromatic heterocycles. The van der Waals surface area contributed by atoms with Crippen LogP contribution in [-0.4, -0.2) is 52.7 Å². The van der Waals surface area contributed by atoms with Gasteiger partial charge in [-0.15, -0.1) is 11.8 Å². The van der Waals surface area contributed by atoms with Crippen molar-refractivity contribution in [1.29, 1.82) is 0 Å². The fourth-order valence-corrected chi connectivity index (χ4v) is 3.71. The van der Waals surface area contributed by atoms with Gasteiger partial charge in [-0.3, -0.25) is 14.4 Å². The van der Waals surface area contributed by atoms with E-state index in [4.69, 9.17) is 5.11 Å². The molecule has 0 aliphatic carbocycles. The molecule has 1 aromatic carbocycles. The average molecular weight is 364 g/mol. The van der Waals surface area contributed by atoms with Crippen molar-refractivity contribution < 1.29 is 19.5 Å². The highest BCUT2D eigenvalue weighted by molar-refractivity contribution is 8.00. The van der Waals surface area contributed by atoms with E-state index in [1.807, 2.05) is 4.90 Å². The Morgan fingerprint density at radius 2 is 1.92 bits per heavy atom. The van der Waals surface area contributed by atoms with Crippen LogP contribution in [0.15, 0.2) is 29.2 Å². The van der Waals surface area contributed by atoms with Gasteiger partial charge in [-0.25, -0.2) is 0 Å². The van der Waals surface area contributed by atoms with Gasteiger partial charge in [-0.05, 0) is 37.8 Å². The van der Waals surface area contributed by atoms with E-state index in [2.05, 4.69) is 5.32 Å². The van der Waals surface area contributed by atoms with E-state index in [-0.39, 0.29) is 11.8 Å². The van der Waals surface area contributed by atoms with Gasteiger partial charge < -0.3 is 15.3 Å². The van der Waals surface area contributed by atoms with E-state index >= 15 is 0 Å². The molecule has 0 spiro atoms. The first kappa shape index (κ1) is 19.3. The van der Waals surface area contributed by atoms with Gasteiger partial charge >= 0.3 is 5.97 Å². The highest BCUT2D eigenvalue weighted by atomic mass is 32.2. The van der Waals surface area contributed by atoms with Gasteiger partial charge in [-0.2, -0.15) is 0 Å². The summed E-state index contributed by atoms with van der Waals surface area (Å²) < 4.78 is 0. The minimum atomic E-state index is -0.905. The number of nitrogens with one attached hydrogen (secondary N) is 1. The number of aliphatic carboxylic acids is 1. The monoisotopic (exact) mass is 364 g/mol. The number of carbonyl (C=O) groups is 3. The van der Waals surface area contributed by atoms with Crippen LogP contribution in [0, 0.1) is 5.92 Å². The maximum Gasteiger partial charge on any atom is 0.316 e. The molecule has 7 heteroatoms. The van der Waals surface area contributed by atoms with Gasteiger partial charge in [0, 0.05) is 31.5 Å². The normalized spacial score (nSPS) is 16.3. The molecule has 1 aromatic rings. The number of amides is 2. The number of rotatable bonds is 6. The van der Waals surface area contributed by atoms with Gasteiger partial charge in [0.25, 0.3) is 5.91 Å². The first-order valence-corrected chi connectivity index (χ1v) is 9.28. The Hall–Kier alpha value is -2.02. The third-order valence-corrected chi connectivity index (χ3v) is 5.56. The number of nitrogens with zero attached hydrogens (tertiary/aromatic N) is 1. The molecule has 136 valence electrons. The molecule has 1 saturated heterocycles. The Kier molecular flexibility index (Phi) is 6.87. The molecular weight excluding hydrogens is 340 g/mol. The maximum absolute atomic E-state index is 12.5. The summed E-state index contributed by atoms with van der Waals surface area (Å²) in [5.41, 5.74) is 0.502. The zero-order chi connectivity index (χ0) is 18.4. The molecule has 25 heavy (non-hydrogen) atoms. The molecule has 0 radical (unpaired) electrons. The molecule has 6 nitrogen and oxygen atoms in total. The van der Waals surface area contributed by atoms with Crippen molar-refractivity contribution in [2.24, 2.45) is 5.92 Å². The molecule has 2 amide bonds. The molecule has 0 bridgehead atoms. The molecule has 1 heterocycles. The van der Waals surface area contributed by atoms with Crippen molar-refractivity contribution in [3.8, 4) is 0 Å². The summed E-state index contributed by atoms with van der Waals surface area (Å²) in [5, 5.41) is 11.4. The Morgan fingerprint density at radius 3 is 2.52 bits per heavy atom. The van der Waals surface area contributed by atoms with Crippen molar-refractivity contribution in [3.05, 3.63) is 29.8 Å². The predicted molar refractivity (Wildman–Crippen MR) is 96.7 cm³/mol. The second-order valence-electron chi connectivity index (χ2n) is 6.25. The third-order valence-electron chi connectivity index (χ3n) is 4.39. The lowest BCUT2D eigenvalue weighted by atomic mass is 9.96. The summed E-state index contributed by atoms with van der Waals surface area (Å²) in [6, 6.07) is 7.05.